The molecule has 1 N–H and O–H groups in total. The summed E-state index contributed by atoms with van der Waals surface area (Å²) in [7, 11) is 0. The van der Waals surface area contributed by atoms with Crippen LogP contribution in [0.3, 0.4) is 0 Å². The Hall–Kier alpha value is -1.09. The Morgan fingerprint density at radius 3 is 3.14 bits per heavy atom. The van der Waals surface area contributed by atoms with Gasteiger partial charge in [0.15, 0.2) is 0 Å². The van der Waals surface area contributed by atoms with Crippen molar-refractivity contribution in [3.05, 3.63) is 24.0 Å². The molecule has 3 nitrogen and oxygen atoms in total. The first-order chi connectivity index (χ1) is 6.90. The number of pyridine rings is 1. The van der Waals surface area contributed by atoms with Gasteiger partial charge in [0.05, 0.1) is 6.61 Å². The average Bonchev–Trinajstić information content (AvgIpc) is 3.01. The summed E-state index contributed by atoms with van der Waals surface area (Å²) >= 11 is 0. The van der Waals surface area contributed by atoms with Crippen LogP contribution in [0.4, 0.5) is 0 Å². The molecule has 0 bridgehead atoms. The average molecular weight is 192 g/mol. The Kier molecular flexibility index (Phi) is 2.99. The van der Waals surface area contributed by atoms with Crippen LogP contribution in [0.5, 0.6) is 5.75 Å². The number of hydrogen-bond donors (Lipinski definition) is 1. The number of ether oxygens (including phenoxy) is 1. The van der Waals surface area contributed by atoms with Gasteiger partial charge in [0.1, 0.15) is 5.75 Å². The van der Waals surface area contributed by atoms with Crippen molar-refractivity contribution in [3.8, 4) is 5.75 Å². The summed E-state index contributed by atoms with van der Waals surface area (Å²) in [6, 6.07) is 2.65. The molecule has 2 rings (SSSR count). The molecule has 0 atom stereocenters. The lowest BCUT2D eigenvalue weighted by Crippen LogP contribution is -2.16. The van der Waals surface area contributed by atoms with E-state index in [9.17, 15) is 0 Å². The van der Waals surface area contributed by atoms with Gasteiger partial charge in [-0.3, -0.25) is 4.98 Å². The highest BCUT2D eigenvalue weighted by Gasteiger charge is 2.20. The fraction of sp³-hybridized carbons (Fsp3) is 0.545. The van der Waals surface area contributed by atoms with Gasteiger partial charge in [0.25, 0.3) is 0 Å². The van der Waals surface area contributed by atoms with Gasteiger partial charge in [-0.2, -0.15) is 0 Å². The van der Waals surface area contributed by atoms with Gasteiger partial charge < -0.3 is 10.1 Å². The van der Waals surface area contributed by atoms with Gasteiger partial charge in [0.2, 0.25) is 0 Å². The van der Waals surface area contributed by atoms with E-state index in [1.807, 2.05) is 19.2 Å². The standard InChI is InChI=1S/C11H16N2O/c1-2-14-11-5-6-12-7-9(11)8-13-10-3-4-10/h5-7,10,13H,2-4,8H2,1H3. The molecule has 1 heterocycles. The molecular formula is C11H16N2O. The number of nitrogens with one attached hydrogen (secondary N) is 1. The summed E-state index contributed by atoms with van der Waals surface area (Å²) in [6.45, 7) is 3.58. The number of hydrogen-bond acceptors (Lipinski definition) is 3. The number of rotatable bonds is 5. The largest absolute Gasteiger partial charge is 0.493 e. The van der Waals surface area contributed by atoms with Crippen molar-refractivity contribution < 1.29 is 4.74 Å². The van der Waals surface area contributed by atoms with Gasteiger partial charge in [-0.25, -0.2) is 0 Å². The van der Waals surface area contributed by atoms with E-state index in [-0.39, 0.29) is 0 Å². The van der Waals surface area contributed by atoms with Gasteiger partial charge in [-0.05, 0) is 25.8 Å². The maximum absolute atomic E-state index is 5.51. The van der Waals surface area contributed by atoms with E-state index in [1.165, 1.54) is 12.8 Å². The molecule has 0 unspecified atom stereocenters. The lowest BCUT2D eigenvalue weighted by molar-refractivity contribution is 0.335. The molecule has 1 aliphatic rings. The zero-order valence-corrected chi connectivity index (χ0v) is 8.49. The van der Waals surface area contributed by atoms with Crippen LogP contribution in [0.15, 0.2) is 18.5 Å². The van der Waals surface area contributed by atoms with Crippen LogP contribution in [-0.2, 0) is 6.54 Å². The Morgan fingerprint density at radius 1 is 1.57 bits per heavy atom. The third-order valence-corrected chi connectivity index (χ3v) is 2.32. The molecular weight excluding hydrogens is 176 g/mol. The summed E-state index contributed by atoms with van der Waals surface area (Å²) in [4.78, 5) is 4.11. The SMILES string of the molecule is CCOc1ccncc1CNC1CC1. The van der Waals surface area contributed by atoms with Crippen molar-refractivity contribution >= 4 is 0 Å². The monoisotopic (exact) mass is 192 g/mol. The van der Waals surface area contributed by atoms with E-state index < -0.39 is 0 Å². The van der Waals surface area contributed by atoms with E-state index >= 15 is 0 Å². The lowest BCUT2D eigenvalue weighted by atomic mass is 10.2. The zero-order valence-electron chi connectivity index (χ0n) is 8.49. The third-order valence-electron chi connectivity index (χ3n) is 2.32. The van der Waals surface area contributed by atoms with Crippen LogP contribution in [0, 0.1) is 0 Å². The lowest BCUT2D eigenvalue weighted by Gasteiger charge is -2.09. The van der Waals surface area contributed by atoms with Crippen molar-refractivity contribution in [1.82, 2.24) is 10.3 Å². The summed E-state index contributed by atoms with van der Waals surface area (Å²) in [5, 5.41) is 3.45. The second kappa shape index (κ2) is 4.42. The quantitative estimate of drug-likeness (QED) is 0.771. The molecule has 1 saturated carbocycles. The first kappa shape index (κ1) is 9.46. The Bertz CT molecular complexity index is 297. The minimum absolute atomic E-state index is 0.709. The summed E-state index contributed by atoms with van der Waals surface area (Å²) in [6.07, 6.45) is 6.26. The fourth-order valence-electron chi connectivity index (χ4n) is 1.39. The van der Waals surface area contributed by atoms with E-state index in [4.69, 9.17) is 4.74 Å². The molecule has 1 aromatic heterocycles. The van der Waals surface area contributed by atoms with E-state index in [1.54, 1.807) is 6.20 Å². The molecule has 0 amide bonds. The summed E-state index contributed by atoms with van der Waals surface area (Å²) in [5.74, 6) is 0.954. The van der Waals surface area contributed by atoms with Crippen LogP contribution in [0.2, 0.25) is 0 Å². The Labute approximate surface area is 84.5 Å². The Morgan fingerprint density at radius 2 is 2.43 bits per heavy atom. The molecule has 1 aromatic rings. The topological polar surface area (TPSA) is 34.1 Å². The smallest absolute Gasteiger partial charge is 0.126 e. The van der Waals surface area contributed by atoms with E-state index in [2.05, 4.69) is 10.3 Å². The second-order valence-corrected chi connectivity index (χ2v) is 3.57. The molecule has 0 spiro atoms. The highest BCUT2D eigenvalue weighted by Crippen LogP contribution is 2.21. The highest BCUT2D eigenvalue weighted by atomic mass is 16.5. The van der Waals surface area contributed by atoms with Gasteiger partial charge in [-0.15, -0.1) is 0 Å². The molecule has 0 aliphatic heterocycles. The first-order valence-electron chi connectivity index (χ1n) is 5.19. The first-order valence-corrected chi connectivity index (χ1v) is 5.19. The van der Waals surface area contributed by atoms with Crippen molar-refractivity contribution in [3.63, 3.8) is 0 Å². The van der Waals surface area contributed by atoms with Crippen LogP contribution >= 0.6 is 0 Å². The van der Waals surface area contributed by atoms with Crippen LogP contribution in [0.25, 0.3) is 0 Å². The van der Waals surface area contributed by atoms with E-state index in [0.717, 1.165) is 23.9 Å². The van der Waals surface area contributed by atoms with Crippen molar-refractivity contribution in [1.29, 1.82) is 0 Å². The molecule has 3 heteroatoms. The predicted molar refractivity (Wildman–Crippen MR) is 55.3 cm³/mol. The number of nitrogens with zero attached hydrogens (tertiary/aromatic N) is 1. The predicted octanol–water partition coefficient (Wildman–Crippen LogP) is 1.73. The maximum atomic E-state index is 5.51. The van der Waals surface area contributed by atoms with Crippen LogP contribution in [-0.4, -0.2) is 17.6 Å². The third kappa shape index (κ3) is 2.45. The molecule has 0 aromatic carbocycles. The maximum Gasteiger partial charge on any atom is 0.126 e. The van der Waals surface area contributed by atoms with Crippen molar-refractivity contribution in [2.24, 2.45) is 0 Å². The second-order valence-electron chi connectivity index (χ2n) is 3.57. The normalized spacial score (nSPS) is 15.5. The van der Waals surface area contributed by atoms with Crippen LogP contribution in [0.1, 0.15) is 25.3 Å². The van der Waals surface area contributed by atoms with Gasteiger partial charge in [-0.1, -0.05) is 0 Å². The molecule has 0 saturated heterocycles. The van der Waals surface area contributed by atoms with Crippen molar-refractivity contribution in [2.45, 2.75) is 32.4 Å². The minimum Gasteiger partial charge on any atom is -0.493 e. The fourth-order valence-corrected chi connectivity index (χ4v) is 1.39. The summed E-state index contributed by atoms with van der Waals surface area (Å²) in [5.41, 5.74) is 1.15. The zero-order chi connectivity index (χ0) is 9.80. The molecule has 76 valence electrons. The van der Waals surface area contributed by atoms with Gasteiger partial charge >= 0.3 is 0 Å². The molecule has 1 aliphatic carbocycles. The van der Waals surface area contributed by atoms with Crippen molar-refractivity contribution in [2.75, 3.05) is 6.61 Å². The van der Waals surface area contributed by atoms with Crippen LogP contribution < -0.4 is 10.1 Å². The molecule has 0 radical (unpaired) electrons. The highest BCUT2D eigenvalue weighted by molar-refractivity contribution is 5.30. The molecule has 14 heavy (non-hydrogen) atoms. The minimum atomic E-state index is 0.709. The van der Waals surface area contributed by atoms with Gasteiger partial charge in [0, 0.05) is 30.5 Å². The Balaban J connectivity index is 1.97. The van der Waals surface area contributed by atoms with E-state index in [0.29, 0.717) is 6.61 Å². The summed E-state index contributed by atoms with van der Waals surface area (Å²) < 4.78 is 5.51. The molecule has 1 fully saturated rings. The number of aromatic nitrogens is 1.